The van der Waals surface area contributed by atoms with Gasteiger partial charge in [0.05, 0.1) is 5.54 Å². The smallest absolute Gasteiger partial charge is 0.0559 e. The van der Waals surface area contributed by atoms with Crippen LogP contribution in [0.3, 0.4) is 0 Å². The Hall–Kier alpha value is -0.343. The standard InChI is InChI=1S/C19H37NSi/c1-16-15-19(4,18(3)17(16)2)20-13-11-9-7-8-10-12-14-21(5)6/h15,20-21H,7-14H2,1-6H3. The van der Waals surface area contributed by atoms with E-state index in [0.29, 0.717) is 0 Å². The summed E-state index contributed by atoms with van der Waals surface area (Å²) in [6.07, 6.45) is 10.9. The summed E-state index contributed by atoms with van der Waals surface area (Å²) in [5, 5.41) is 3.76. The largest absolute Gasteiger partial charge is 0.305 e. The summed E-state index contributed by atoms with van der Waals surface area (Å²) < 4.78 is 0. The molecule has 0 aromatic rings. The average Bonchev–Trinajstić information content (AvgIpc) is 2.61. The second-order valence-electron chi connectivity index (χ2n) is 7.51. The van der Waals surface area contributed by atoms with Crippen LogP contribution in [0.5, 0.6) is 0 Å². The van der Waals surface area contributed by atoms with Crippen LogP contribution in [0.2, 0.25) is 19.1 Å². The number of allylic oxidation sites excluding steroid dienone is 2. The fourth-order valence-electron chi connectivity index (χ4n) is 3.25. The molecule has 1 atom stereocenters. The van der Waals surface area contributed by atoms with Crippen LogP contribution in [-0.2, 0) is 0 Å². The minimum atomic E-state index is -0.298. The van der Waals surface area contributed by atoms with Gasteiger partial charge in [-0.15, -0.1) is 0 Å². The van der Waals surface area contributed by atoms with Crippen molar-refractivity contribution in [3.8, 4) is 0 Å². The predicted octanol–water partition coefficient (Wildman–Crippen LogP) is 5.46. The molecule has 0 saturated heterocycles. The van der Waals surface area contributed by atoms with E-state index in [1.54, 1.807) is 0 Å². The van der Waals surface area contributed by atoms with E-state index in [1.165, 1.54) is 61.3 Å². The van der Waals surface area contributed by atoms with Gasteiger partial charge in [0.15, 0.2) is 0 Å². The molecule has 0 heterocycles. The van der Waals surface area contributed by atoms with Crippen LogP contribution < -0.4 is 5.32 Å². The molecule has 0 spiro atoms. The lowest BCUT2D eigenvalue weighted by atomic mass is 9.95. The third-order valence-corrected chi connectivity index (χ3v) is 6.70. The Balaban J connectivity index is 2.08. The lowest BCUT2D eigenvalue weighted by molar-refractivity contribution is 0.479. The number of hydrogen-bond donors (Lipinski definition) is 1. The van der Waals surface area contributed by atoms with Gasteiger partial charge in [0.25, 0.3) is 0 Å². The molecule has 21 heavy (non-hydrogen) atoms. The van der Waals surface area contributed by atoms with Crippen LogP contribution in [0, 0.1) is 0 Å². The summed E-state index contributed by atoms with van der Waals surface area (Å²) in [7, 11) is -0.298. The first-order valence-electron chi connectivity index (χ1n) is 8.99. The molecule has 1 nitrogen and oxygen atoms in total. The Morgan fingerprint density at radius 2 is 1.52 bits per heavy atom. The van der Waals surface area contributed by atoms with Crippen molar-refractivity contribution in [3.63, 3.8) is 0 Å². The molecule has 0 aromatic carbocycles. The molecular weight excluding hydrogens is 270 g/mol. The number of unbranched alkanes of at least 4 members (excludes halogenated alkanes) is 5. The highest BCUT2D eigenvalue weighted by molar-refractivity contribution is 6.55. The van der Waals surface area contributed by atoms with E-state index in [9.17, 15) is 0 Å². The number of nitrogens with one attached hydrogen (secondary N) is 1. The van der Waals surface area contributed by atoms with Crippen molar-refractivity contribution in [2.24, 2.45) is 0 Å². The summed E-state index contributed by atoms with van der Waals surface area (Å²) in [5.74, 6) is 0. The van der Waals surface area contributed by atoms with E-state index >= 15 is 0 Å². The Labute approximate surface area is 134 Å². The molecule has 1 aliphatic rings. The zero-order chi connectivity index (χ0) is 15.9. The molecule has 0 aliphatic heterocycles. The summed E-state index contributed by atoms with van der Waals surface area (Å²) in [5.41, 5.74) is 4.52. The van der Waals surface area contributed by atoms with Gasteiger partial charge in [0.2, 0.25) is 0 Å². The monoisotopic (exact) mass is 307 g/mol. The van der Waals surface area contributed by atoms with E-state index in [4.69, 9.17) is 0 Å². The van der Waals surface area contributed by atoms with Crippen molar-refractivity contribution in [3.05, 3.63) is 22.8 Å². The Kier molecular flexibility index (Phi) is 7.97. The molecule has 0 radical (unpaired) electrons. The first-order valence-corrected chi connectivity index (χ1v) is 12.1. The molecule has 2 heteroatoms. The number of rotatable bonds is 10. The fourth-order valence-corrected chi connectivity index (χ4v) is 4.36. The normalized spacial score (nSPS) is 22.3. The van der Waals surface area contributed by atoms with Crippen molar-refractivity contribution < 1.29 is 0 Å². The highest BCUT2D eigenvalue weighted by Crippen LogP contribution is 2.33. The van der Waals surface area contributed by atoms with E-state index in [0.717, 1.165) is 6.54 Å². The van der Waals surface area contributed by atoms with Crippen LogP contribution in [-0.4, -0.2) is 20.9 Å². The molecule has 122 valence electrons. The van der Waals surface area contributed by atoms with Gasteiger partial charge in [-0.2, -0.15) is 0 Å². The third-order valence-electron chi connectivity index (χ3n) is 5.14. The van der Waals surface area contributed by atoms with E-state index < -0.39 is 0 Å². The summed E-state index contributed by atoms with van der Waals surface area (Å²) in [6.45, 7) is 15.1. The predicted molar refractivity (Wildman–Crippen MR) is 99.9 cm³/mol. The maximum absolute atomic E-state index is 3.76. The maximum Gasteiger partial charge on any atom is 0.0559 e. The van der Waals surface area contributed by atoms with E-state index in [1.807, 2.05) is 0 Å². The lowest BCUT2D eigenvalue weighted by Crippen LogP contribution is -2.41. The topological polar surface area (TPSA) is 12.0 Å². The minimum Gasteiger partial charge on any atom is -0.305 e. The summed E-state index contributed by atoms with van der Waals surface area (Å²) >= 11 is 0. The van der Waals surface area contributed by atoms with Gasteiger partial charge in [-0.1, -0.05) is 62.9 Å². The van der Waals surface area contributed by atoms with Gasteiger partial charge in [0.1, 0.15) is 0 Å². The molecule has 1 rings (SSSR count). The summed E-state index contributed by atoms with van der Waals surface area (Å²) in [6, 6.07) is 1.54. The highest BCUT2D eigenvalue weighted by atomic mass is 28.3. The van der Waals surface area contributed by atoms with Gasteiger partial charge in [-0.05, 0) is 51.8 Å². The van der Waals surface area contributed by atoms with E-state index in [-0.39, 0.29) is 14.3 Å². The molecule has 0 amide bonds. The Bertz CT molecular complexity index is 381. The van der Waals surface area contributed by atoms with Gasteiger partial charge >= 0.3 is 0 Å². The minimum absolute atomic E-state index is 0.107. The van der Waals surface area contributed by atoms with Gasteiger partial charge in [0, 0.05) is 8.80 Å². The molecule has 0 aromatic heterocycles. The molecule has 0 fully saturated rings. The summed E-state index contributed by atoms with van der Waals surface area (Å²) in [4.78, 5) is 0. The van der Waals surface area contributed by atoms with Crippen molar-refractivity contribution >= 4 is 8.80 Å². The quantitative estimate of drug-likeness (QED) is 0.417. The average molecular weight is 308 g/mol. The van der Waals surface area contributed by atoms with Gasteiger partial charge in [-0.25, -0.2) is 0 Å². The lowest BCUT2D eigenvalue weighted by Gasteiger charge is -2.26. The molecule has 1 unspecified atom stereocenters. The van der Waals surface area contributed by atoms with Crippen LogP contribution in [0.15, 0.2) is 22.8 Å². The van der Waals surface area contributed by atoms with Crippen molar-refractivity contribution in [2.45, 2.75) is 90.9 Å². The zero-order valence-corrected chi connectivity index (χ0v) is 16.5. The third kappa shape index (κ3) is 6.12. The van der Waals surface area contributed by atoms with Gasteiger partial charge in [-0.3, -0.25) is 0 Å². The molecule has 0 bridgehead atoms. The van der Waals surface area contributed by atoms with E-state index in [2.05, 4.69) is 52.2 Å². The first-order chi connectivity index (χ1) is 9.87. The van der Waals surface area contributed by atoms with Crippen LogP contribution >= 0.6 is 0 Å². The first kappa shape index (κ1) is 18.7. The Morgan fingerprint density at radius 3 is 2.05 bits per heavy atom. The second-order valence-corrected chi connectivity index (χ2v) is 10.9. The van der Waals surface area contributed by atoms with Crippen molar-refractivity contribution in [1.82, 2.24) is 5.32 Å². The Morgan fingerprint density at radius 1 is 0.952 bits per heavy atom. The van der Waals surface area contributed by atoms with Crippen molar-refractivity contribution in [1.29, 1.82) is 0 Å². The molecule has 1 aliphatic carbocycles. The molecule has 1 N–H and O–H groups in total. The maximum atomic E-state index is 3.76. The molecular formula is C19H37NSi. The SMILES string of the molecule is CC1=CC(C)(NCCCCCCCC[SiH](C)C)C(C)=C1C. The number of hydrogen-bond acceptors (Lipinski definition) is 1. The van der Waals surface area contributed by atoms with Crippen LogP contribution in [0.1, 0.15) is 66.2 Å². The highest BCUT2D eigenvalue weighted by Gasteiger charge is 2.29. The fraction of sp³-hybridized carbons (Fsp3) is 0.789. The second kappa shape index (κ2) is 8.95. The van der Waals surface area contributed by atoms with Crippen molar-refractivity contribution in [2.75, 3.05) is 6.54 Å². The van der Waals surface area contributed by atoms with Crippen LogP contribution in [0.25, 0.3) is 0 Å². The molecule has 0 saturated carbocycles. The van der Waals surface area contributed by atoms with Crippen LogP contribution in [0.4, 0.5) is 0 Å². The zero-order valence-electron chi connectivity index (χ0n) is 15.3. The van der Waals surface area contributed by atoms with Gasteiger partial charge < -0.3 is 5.32 Å².